The first-order valence-electron chi connectivity index (χ1n) is 6.46. The van der Waals surface area contributed by atoms with Crippen LogP contribution >= 0.6 is 12.2 Å². The van der Waals surface area contributed by atoms with Gasteiger partial charge in [0, 0.05) is 11.1 Å². The molecule has 1 aromatic rings. The maximum atomic E-state index is 5.66. The van der Waals surface area contributed by atoms with Crippen LogP contribution in [0, 0.1) is 0 Å². The van der Waals surface area contributed by atoms with Crippen molar-refractivity contribution >= 4 is 34.8 Å². The van der Waals surface area contributed by atoms with Crippen LogP contribution in [0.4, 0.5) is 11.5 Å². The minimum atomic E-state index is -0.287. The zero-order valence-electron chi connectivity index (χ0n) is 10.3. The number of hydrogen-bond acceptors (Lipinski definition) is 6. The third-order valence-corrected chi connectivity index (χ3v) is 4.54. The molecule has 6 heteroatoms. The second kappa shape index (κ2) is 3.84. The van der Waals surface area contributed by atoms with Crippen LogP contribution in [0.1, 0.15) is 25.7 Å². The molecule has 1 aliphatic carbocycles. The summed E-state index contributed by atoms with van der Waals surface area (Å²) >= 11 is 5.66. The molecule has 1 aromatic heterocycles. The third kappa shape index (κ3) is 1.40. The molecule has 0 radical (unpaired) electrons. The van der Waals surface area contributed by atoms with Crippen LogP contribution in [-0.2, 0) is 0 Å². The minimum Gasteiger partial charge on any atom is -0.336 e. The third-order valence-electron chi connectivity index (χ3n) is 3.99. The Morgan fingerprint density at radius 1 is 1.37 bits per heavy atom. The summed E-state index contributed by atoms with van der Waals surface area (Å²) in [5, 5.41) is 3.32. The first-order valence-corrected chi connectivity index (χ1v) is 6.87. The number of aromatic nitrogens is 2. The fourth-order valence-corrected chi connectivity index (χ4v) is 3.48. The van der Waals surface area contributed by atoms with Crippen molar-refractivity contribution in [2.24, 2.45) is 4.99 Å². The highest BCUT2D eigenvalue weighted by Crippen LogP contribution is 2.44. The Hall–Kier alpha value is -1.82. The summed E-state index contributed by atoms with van der Waals surface area (Å²) in [5.41, 5.74) is 0.636. The van der Waals surface area contributed by atoms with Gasteiger partial charge in [0.25, 0.3) is 0 Å². The normalized spacial score (nSPS) is 27.9. The van der Waals surface area contributed by atoms with Gasteiger partial charge >= 0.3 is 0 Å². The van der Waals surface area contributed by atoms with Crippen LogP contribution in [0.25, 0.3) is 0 Å². The molecule has 3 aliphatic rings. The van der Waals surface area contributed by atoms with Crippen molar-refractivity contribution in [2.45, 2.75) is 31.2 Å². The summed E-state index contributed by atoms with van der Waals surface area (Å²) in [6.07, 6.45) is 11.5. The number of anilines is 2. The number of thiocarbonyl (C=S) groups is 1. The molecule has 96 valence electrons. The average molecular weight is 271 g/mol. The molecule has 0 bridgehead atoms. The lowest BCUT2D eigenvalue weighted by atomic mass is 9.80. The van der Waals surface area contributed by atoms with Gasteiger partial charge in [-0.1, -0.05) is 12.2 Å². The van der Waals surface area contributed by atoms with Gasteiger partial charge in [0.1, 0.15) is 23.4 Å². The number of fused-ring (bicyclic) bond motifs is 4. The van der Waals surface area contributed by atoms with E-state index in [1.807, 2.05) is 12.4 Å². The van der Waals surface area contributed by atoms with Crippen LogP contribution in [0.15, 0.2) is 29.5 Å². The van der Waals surface area contributed by atoms with Crippen LogP contribution in [-0.4, -0.2) is 26.6 Å². The highest BCUT2D eigenvalue weighted by Gasteiger charge is 2.47. The van der Waals surface area contributed by atoms with Crippen LogP contribution in [0.5, 0.6) is 0 Å². The van der Waals surface area contributed by atoms with Gasteiger partial charge in [-0.2, -0.15) is 0 Å². The Morgan fingerprint density at radius 3 is 3.21 bits per heavy atom. The van der Waals surface area contributed by atoms with Crippen molar-refractivity contribution in [3.63, 3.8) is 0 Å². The first kappa shape index (κ1) is 11.0. The van der Waals surface area contributed by atoms with Gasteiger partial charge in [0.2, 0.25) is 0 Å². The lowest BCUT2D eigenvalue weighted by Gasteiger charge is -2.44. The second-order valence-electron chi connectivity index (χ2n) is 5.07. The van der Waals surface area contributed by atoms with Crippen molar-refractivity contribution < 1.29 is 0 Å². The molecule has 1 atom stereocenters. The molecule has 2 aliphatic heterocycles. The van der Waals surface area contributed by atoms with Crippen molar-refractivity contribution in [3.8, 4) is 0 Å². The maximum absolute atomic E-state index is 5.66. The minimum absolute atomic E-state index is 0.287. The van der Waals surface area contributed by atoms with E-state index in [4.69, 9.17) is 12.2 Å². The van der Waals surface area contributed by atoms with Gasteiger partial charge in [-0.3, -0.25) is 9.89 Å². The molecule has 0 aromatic carbocycles. The number of nitrogens with one attached hydrogen (secondary N) is 1. The summed E-state index contributed by atoms with van der Waals surface area (Å²) in [6, 6.07) is 0. The monoisotopic (exact) mass is 271 g/mol. The maximum Gasteiger partial charge on any atom is 0.162 e. The molecule has 1 unspecified atom stereocenters. The van der Waals surface area contributed by atoms with Gasteiger partial charge in [0.15, 0.2) is 5.82 Å². The van der Waals surface area contributed by atoms with Crippen molar-refractivity contribution in [3.05, 3.63) is 24.5 Å². The highest BCUT2D eigenvalue weighted by atomic mass is 32.1. The van der Waals surface area contributed by atoms with Gasteiger partial charge in [-0.05, 0) is 25.7 Å². The van der Waals surface area contributed by atoms with Crippen molar-refractivity contribution in [1.29, 1.82) is 0 Å². The van der Waals surface area contributed by atoms with Crippen molar-refractivity contribution in [1.82, 2.24) is 9.97 Å². The smallest absolute Gasteiger partial charge is 0.162 e. The van der Waals surface area contributed by atoms with E-state index in [2.05, 4.69) is 25.2 Å². The second-order valence-corrected chi connectivity index (χ2v) is 5.56. The molecule has 3 heterocycles. The molecule has 1 saturated carbocycles. The van der Waals surface area contributed by atoms with Gasteiger partial charge in [0.05, 0.1) is 12.4 Å². The summed E-state index contributed by atoms with van der Waals surface area (Å²) < 4.78 is 0. The van der Waals surface area contributed by atoms with E-state index in [1.165, 1.54) is 6.42 Å². The SMILES string of the molecule is S=C1CCCCC12C=NC=C1Nc3cncnc3N12. The molecule has 5 nitrogen and oxygen atoms in total. The lowest BCUT2D eigenvalue weighted by molar-refractivity contribution is 0.541. The van der Waals surface area contributed by atoms with Crippen LogP contribution in [0.3, 0.4) is 0 Å². The molecule has 1 spiro atoms. The molecule has 4 rings (SSSR count). The van der Waals surface area contributed by atoms with E-state index < -0.39 is 0 Å². The van der Waals surface area contributed by atoms with E-state index in [1.54, 1.807) is 12.5 Å². The largest absolute Gasteiger partial charge is 0.336 e. The van der Waals surface area contributed by atoms with E-state index in [9.17, 15) is 0 Å². The van der Waals surface area contributed by atoms with E-state index >= 15 is 0 Å². The van der Waals surface area contributed by atoms with Gasteiger partial charge < -0.3 is 5.32 Å². The Bertz CT molecular complexity index is 623. The molecular formula is C13H13N5S. The standard InChI is InChI=1S/C13H13N5S/c19-10-3-1-2-4-13(10)7-14-6-11-17-9-5-15-8-16-12(9)18(11)13/h5-8,17H,1-4H2. The Kier molecular flexibility index (Phi) is 2.23. The molecule has 1 fully saturated rings. The topological polar surface area (TPSA) is 53.4 Å². The van der Waals surface area contributed by atoms with Gasteiger partial charge in [-0.15, -0.1) is 0 Å². The Labute approximate surface area is 116 Å². The van der Waals surface area contributed by atoms with E-state index in [0.717, 1.165) is 41.5 Å². The number of rotatable bonds is 0. The predicted molar refractivity (Wildman–Crippen MR) is 78.5 cm³/mol. The zero-order chi connectivity index (χ0) is 12.9. The van der Waals surface area contributed by atoms with Crippen LogP contribution < -0.4 is 10.2 Å². The number of hydrogen-bond donors (Lipinski definition) is 1. The molecule has 0 saturated heterocycles. The highest BCUT2D eigenvalue weighted by molar-refractivity contribution is 7.80. The molecule has 1 N–H and O–H groups in total. The summed E-state index contributed by atoms with van der Waals surface area (Å²) in [4.78, 5) is 16.1. The fourth-order valence-electron chi connectivity index (χ4n) is 3.09. The number of aliphatic imine (C=N–C) groups is 1. The summed E-state index contributed by atoms with van der Waals surface area (Å²) in [6.45, 7) is 0. The lowest BCUT2D eigenvalue weighted by Crippen LogP contribution is -2.57. The Morgan fingerprint density at radius 2 is 2.32 bits per heavy atom. The molecule has 0 amide bonds. The summed E-state index contributed by atoms with van der Waals surface area (Å²) in [5.74, 6) is 1.85. The fraction of sp³-hybridized carbons (Fsp3) is 0.385. The Balaban J connectivity index is 1.89. The summed E-state index contributed by atoms with van der Waals surface area (Å²) in [7, 11) is 0. The molecular weight excluding hydrogens is 258 g/mol. The van der Waals surface area contributed by atoms with Crippen LogP contribution in [0.2, 0.25) is 0 Å². The van der Waals surface area contributed by atoms with E-state index in [0.29, 0.717) is 0 Å². The van der Waals surface area contributed by atoms with Gasteiger partial charge in [-0.25, -0.2) is 9.97 Å². The number of nitrogens with zero attached hydrogens (tertiary/aromatic N) is 4. The predicted octanol–water partition coefficient (Wildman–Crippen LogP) is 2.27. The molecule has 19 heavy (non-hydrogen) atoms. The quantitative estimate of drug-likeness (QED) is 0.734. The zero-order valence-corrected chi connectivity index (χ0v) is 11.2. The van der Waals surface area contributed by atoms with Crippen molar-refractivity contribution in [2.75, 3.05) is 10.2 Å². The van der Waals surface area contributed by atoms with E-state index in [-0.39, 0.29) is 5.54 Å². The first-order chi connectivity index (χ1) is 9.31. The average Bonchev–Trinajstić information content (AvgIpc) is 2.82.